The monoisotopic (exact) mass is 641 g/mol. The molecule has 0 unspecified atom stereocenters. The predicted octanol–water partition coefficient (Wildman–Crippen LogP) is 7.71. The molecule has 0 saturated heterocycles. The molecule has 2 amide bonds. The van der Waals surface area contributed by atoms with Gasteiger partial charge in [0.15, 0.2) is 14.1 Å². The van der Waals surface area contributed by atoms with E-state index in [1.807, 2.05) is 12.1 Å². The zero-order chi connectivity index (χ0) is 32.7. The van der Waals surface area contributed by atoms with Gasteiger partial charge >= 0.3 is 0 Å². The highest BCUT2D eigenvalue weighted by Gasteiger charge is 2.37. The number of anilines is 1. The Balaban J connectivity index is 1.51. The van der Waals surface area contributed by atoms with E-state index in [1.165, 1.54) is 12.5 Å². The Kier molecular flexibility index (Phi) is 10.6. The van der Waals surface area contributed by atoms with Crippen molar-refractivity contribution in [1.82, 2.24) is 4.98 Å². The van der Waals surface area contributed by atoms with Crippen molar-refractivity contribution in [1.29, 1.82) is 0 Å². The maximum Gasteiger partial charge on any atom is 0.291 e. The van der Waals surface area contributed by atoms with Crippen molar-refractivity contribution in [3.05, 3.63) is 113 Å². The van der Waals surface area contributed by atoms with E-state index in [0.29, 0.717) is 34.7 Å². The minimum absolute atomic E-state index is 0.0629. The SMILES string of the molecule is Cc1ccoc1C(=O)Nc1cccc(C#Cc2cncc(C(=O)N=[S@](=O)(CCCO[Si](C)(C)C(C)(C)C)c3ccccc3)c2)c1. The van der Waals surface area contributed by atoms with Crippen LogP contribution in [0.25, 0.3) is 0 Å². The second kappa shape index (κ2) is 14.2. The van der Waals surface area contributed by atoms with Crippen LogP contribution in [0.4, 0.5) is 5.69 Å². The Morgan fingerprint density at radius 3 is 2.42 bits per heavy atom. The first-order chi connectivity index (χ1) is 21.3. The van der Waals surface area contributed by atoms with Gasteiger partial charge in [-0.2, -0.15) is 4.36 Å². The molecule has 0 aliphatic heterocycles. The van der Waals surface area contributed by atoms with Crippen LogP contribution in [0.15, 0.2) is 99.1 Å². The van der Waals surface area contributed by atoms with Gasteiger partial charge in [0, 0.05) is 52.0 Å². The zero-order valence-electron chi connectivity index (χ0n) is 26.5. The summed E-state index contributed by atoms with van der Waals surface area (Å²) < 4.78 is 30.0. The van der Waals surface area contributed by atoms with E-state index in [2.05, 4.69) is 60.4 Å². The number of nitrogens with zero attached hydrogens (tertiary/aromatic N) is 2. The van der Waals surface area contributed by atoms with Crippen LogP contribution in [0.2, 0.25) is 18.1 Å². The number of aryl methyl sites for hydroxylation is 1. The van der Waals surface area contributed by atoms with Gasteiger partial charge in [-0.15, -0.1) is 0 Å². The molecule has 0 aliphatic carbocycles. The van der Waals surface area contributed by atoms with Crippen molar-refractivity contribution in [3.63, 3.8) is 0 Å². The van der Waals surface area contributed by atoms with Gasteiger partial charge in [-0.25, -0.2) is 4.21 Å². The second-order valence-corrected chi connectivity index (χ2v) is 19.3. The summed E-state index contributed by atoms with van der Waals surface area (Å²) in [6.45, 7) is 13.1. The highest BCUT2D eigenvalue weighted by Crippen LogP contribution is 2.36. The molecule has 10 heteroatoms. The minimum atomic E-state index is -3.06. The smallest absolute Gasteiger partial charge is 0.291 e. The molecule has 0 fully saturated rings. The summed E-state index contributed by atoms with van der Waals surface area (Å²) in [5, 5.41) is 2.87. The number of carbonyl (C=O) groups excluding carboxylic acids is 2. The summed E-state index contributed by atoms with van der Waals surface area (Å²) in [6.07, 6.45) is 4.91. The van der Waals surface area contributed by atoms with Crippen LogP contribution in [0.3, 0.4) is 0 Å². The number of amides is 2. The number of aromatic nitrogens is 1. The molecule has 4 aromatic rings. The number of pyridine rings is 1. The van der Waals surface area contributed by atoms with E-state index in [1.54, 1.807) is 67.7 Å². The van der Waals surface area contributed by atoms with Gasteiger partial charge in [0.2, 0.25) is 0 Å². The van der Waals surface area contributed by atoms with Crippen LogP contribution in [-0.2, 0) is 14.2 Å². The van der Waals surface area contributed by atoms with Crippen LogP contribution in [0, 0.1) is 18.8 Å². The first kappa shape index (κ1) is 33.6. The number of carbonyl (C=O) groups is 2. The maximum absolute atomic E-state index is 14.2. The van der Waals surface area contributed by atoms with Crippen molar-refractivity contribution in [2.24, 2.45) is 4.36 Å². The summed E-state index contributed by atoms with van der Waals surface area (Å²) in [7, 11) is -5.03. The third-order valence-electron chi connectivity index (χ3n) is 7.70. The van der Waals surface area contributed by atoms with Gasteiger partial charge in [0.1, 0.15) is 0 Å². The van der Waals surface area contributed by atoms with Gasteiger partial charge in [0.05, 0.1) is 21.6 Å². The minimum Gasteiger partial charge on any atom is -0.459 e. The van der Waals surface area contributed by atoms with Crippen LogP contribution >= 0.6 is 0 Å². The molecule has 2 aromatic carbocycles. The number of benzene rings is 2. The Morgan fingerprint density at radius 2 is 1.73 bits per heavy atom. The lowest BCUT2D eigenvalue weighted by molar-refractivity contribution is 0.0991. The lowest BCUT2D eigenvalue weighted by atomic mass is 10.1. The highest BCUT2D eigenvalue weighted by atomic mass is 32.2. The van der Waals surface area contributed by atoms with Gasteiger partial charge in [-0.1, -0.05) is 56.9 Å². The normalized spacial score (nSPS) is 12.8. The topological polar surface area (TPSA) is 111 Å². The molecule has 4 rings (SSSR count). The highest BCUT2D eigenvalue weighted by molar-refractivity contribution is 7.94. The Hall–Kier alpha value is -4.30. The summed E-state index contributed by atoms with van der Waals surface area (Å²) in [5.41, 5.74) is 2.64. The number of furan rings is 1. The number of hydrogen-bond donors (Lipinski definition) is 1. The standard InChI is InChI=1S/C35H39N3O5SSi/c1-26-18-20-42-32(26)34(40)37-30-13-10-12-27(23-30)16-17-28-22-29(25-36-24-28)33(39)38-44(41,31-14-8-7-9-15-31)21-11-19-43-45(5,6)35(2,3)4/h7-10,12-15,18,20,22-25H,11,19,21H2,1-6H3,(H,37,40)/t44-/m0/s1. The predicted molar refractivity (Wildman–Crippen MR) is 180 cm³/mol. The molecule has 0 bridgehead atoms. The molecule has 0 aliphatic rings. The average Bonchev–Trinajstić information content (AvgIpc) is 3.44. The lowest BCUT2D eigenvalue weighted by Gasteiger charge is -2.36. The fourth-order valence-electron chi connectivity index (χ4n) is 4.07. The fraction of sp³-hybridized carbons (Fsp3) is 0.286. The van der Waals surface area contributed by atoms with Gasteiger partial charge in [0.25, 0.3) is 11.8 Å². The molecule has 2 heterocycles. The number of nitrogens with one attached hydrogen (secondary N) is 1. The third-order valence-corrected chi connectivity index (χ3v) is 14.6. The molecule has 1 atom stereocenters. The molecule has 234 valence electrons. The van der Waals surface area contributed by atoms with E-state index in [-0.39, 0.29) is 28.0 Å². The number of hydrogen-bond acceptors (Lipinski definition) is 6. The van der Waals surface area contributed by atoms with Crippen LogP contribution < -0.4 is 5.32 Å². The largest absolute Gasteiger partial charge is 0.459 e. The van der Waals surface area contributed by atoms with E-state index < -0.39 is 24.0 Å². The lowest BCUT2D eigenvalue weighted by Crippen LogP contribution is -2.41. The summed E-state index contributed by atoms with van der Waals surface area (Å²) in [6, 6.07) is 19.3. The maximum atomic E-state index is 14.2. The molecule has 8 nitrogen and oxygen atoms in total. The first-order valence-electron chi connectivity index (χ1n) is 14.7. The van der Waals surface area contributed by atoms with Gasteiger partial charge in [-0.3, -0.25) is 14.6 Å². The summed E-state index contributed by atoms with van der Waals surface area (Å²) >= 11 is 0. The van der Waals surface area contributed by atoms with E-state index in [9.17, 15) is 13.8 Å². The van der Waals surface area contributed by atoms with Crippen molar-refractivity contribution in [2.45, 2.75) is 57.1 Å². The fourth-order valence-corrected chi connectivity index (χ4v) is 7.06. The second-order valence-electron chi connectivity index (χ2n) is 12.2. The van der Waals surface area contributed by atoms with E-state index >= 15 is 0 Å². The Morgan fingerprint density at radius 1 is 1.00 bits per heavy atom. The van der Waals surface area contributed by atoms with Crippen molar-refractivity contribution < 1.29 is 22.6 Å². The molecular formula is C35H39N3O5SSi. The molecule has 2 aromatic heterocycles. The molecular weight excluding hydrogens is 603 g/mol. The van der Waals surface area contributed by atoms with Crippen LogP contribution in [0.5, 0.6) is 0 Å². The zero-order valence-corrected chi connectivity index (χ0v) is 28.4. The summed E-state index contributed by atoms with van der Waals surface area (Å²) in [4.78, 5) is 30.5. The van der Waals surface area contributed by atoms with Crippen molar-refractivity contribution >= 4 is 35.5 Å². The molecule has 0 spiro atoms. The molecule has 45 heavy (non-hydrogen) atoms. The molecule has 0 radical (unpaired) electrons. The molecule has 1 N–H and O–H groups in total. The first-order valence-corrected chi connectivity index (χ1v) is 19.3. The molecule has 0 saturated carbocycles. The van der Waals surface area contributed by atoms with Crippen molar-refractivity contribution in [2.75, 3.05) is 17.7 Å². The van der Waals surface area contributed by atoms with Gasteiger partial charge in [-0.05, 0) is 73.9 Å². The quantitative estimate of drug-likeness (QED) is 0.114. The van der Waals surface area contributed by atoms with Gasteiger partial charge < -0.3 is 14.2 Å². The number of rotatable bonds is 9. The Labute approximate surface area is 266 Å². The Bertz CT molecular complexity index is 1860. The van der Waals surface area contributed by atoms with E-state index in [0.717, 1.165) is 5.56 Å². The summed E-state index contributed by atoms with van der Waals surface area (Å²) in [5.74, 6) is 5.53. The average molecular weight is 642 g/mol. The van der Waals surface area contributed by atoms with Crippen LogP contribution in [-0.4, -0.2) is 41.7 Å². The van der Waals surface area contributed by atoms with E-state index in [4.69, 9.17) is 8.84 Å². The van der Waals surface area contributed by atoms with Crippen molar-refractivity contribution in [3.8, 4) is 11.8 Å². The third kappa shape index (κ3) is 8.88. The van der Waals surface area contributed by atoms with Crippen LogP contribution in [0.1, 0.15) is 64.8 Å².